The molecule has 1 rings (SSSR count). The van der Waals surface area contributed by atoms with Crippen molar-refractivity contribution in [3.05, 3.63) is 34.9 Å². The van der Waals surface area contributed by atoms with E-state index in [-0.39, 0.29) is 12.3 Å². The molecule has 0 aliphatic rings. The lowest BCUT2D eigenvalue weighted by Gasteiger charge is -2.34. The summed E-state index contributed by atoms with van der Waals surface area (Å²) in [5.41, 5.74) is -0.443. The van der Waals surface area contributed by atoms with Gasteiger partial charge in [0, 0.05) is 11.6 Å². The van der Waals surface area contributed by atoms with E-state index in [1.165, 1.54) is 18.7 Å². The van der Waals surface area contributed by atoms with Crippen LogP contribution in [0.3, 0.4) is 0 Å². The van der Waals surface area contributed by atoms with E-state index in [2.05, 4.69) is 0 Å². The summed E-state index contributed by atoms with van der Waals surface area (Å²) in [5.74, 6) is -1.24. The molecule has 0 saturated carbocycles. The third kappa shape index (κ3) is 3.70. The van der Waals surface area contributed by atoms with Crippen molar-refractivity contribution in [2.24, 2.45) is 0 Å². The quantitative estimate of drug-likeness (QED) is 0.904. The normalized spacial score (nSPS) is 11.2. The zero-order valence-electron chi connectivity index (χ0n) is 11.3. The molecule has 0 atom stereocenters. The summed E-state index contributed by atoms with van der Waals surface area (Å²) < 4.78 is 0. The Morgan fingerprint density at radius 1 is 1.37 bits per heavy atom. The first-order chi connectivity index (χ1) is 8.78. The summed E-state index contributed by atoms with van der Waals surface area (Å²) >= 11 is 5.86. The molecule has 0 aliphatic heterocycles. The van der Waals surface area contributed by atoms with Crippen molar-refractivity contribution in [2.45, 2.75) is 32.7 Å². The maximum atomic E-state index is 12.2. The molecule has 0 aliphatic carbocycles. The number of halogens is 1. The number of likely N-dealkylation sites (N-methyl/N-ethyl adjacent to an activating group) is 1. The second-order valence-electron chi connectivity index (χ2n) is 4.81. The highest BCUT2D eigenvalue weighted by Gasteiger charge is 2.36. The van der Waals surface area contributed by atoms with Gasteiger partial charge in [0.05, 0.1) is 6.42 Å². The van der Waals surface area contributed by atoms with Crippen molar-refractivity contribution in [3.63, 3.8) is 0 Å². The molecule has 0 spiro atoms. The Labute approximate surface area is 118 Å². The fourth-order valence-corrected chi connectivity index (χ4v) is 2.13. The molecular formula is C14H18ClNO3. The molecule has 0 bridgehead atoms. The van der Waals surface area contributed by atoms with E-state index in [4.69, 9.17) is 11.6 Å². The Hall–Kier alpha value is -1.55. The molecule has 1 aromatic carbocycles. The number of amides is 1. The van der Waals surface area contributed by atoms with Crippen LogP contribution in [0, 0.1) is 0 Å². The van der Waals surface area contributed by atoms with Gasteiger partial charge < -0.3 is 10.0 Å². The molecule has 1 amide bonds. The van der Waals surface area contributed by atoms with Gasteiger partial charge in [0.2, 0.25) is 5.91 Å². The van der Waals surface area contributed by atoms with Gasteiger partial charge in [-0.05, 0) is 38.5 Å². The van der Waals surface area contributed by atoms with Crippen molar-refractivity contribution in [1.29, 1.82) is 0 Å². The predicted octanol–water partition coefficient (Wildman–Crippen LogP) is 2.59. The Morgan fingerprint density at radius 3 is 2.47 bits per heavy atom. The lowest BCUT2D eigenvalue weighted by atomic mass is 10.0. The van der Waals surface area contributed by atoms with Crippen LogP contribution in [-0.2, 0) is 16.0 Å². The Balaban J connectivity index is 2.89. The maximum absolute atomic E-state index is 12.2. The average molecular weight is 284 g/mol. The van der Waals surface area contributed by atoms with Gasteiger partial charge in [-0.25, -0.2) is 4.79 Å². The summed E-state index contributed by atoms with van der Waals surface area (Å²) in [7, 11) is 0. The van der Waals surface area contributed by atoms with Gasteiger partial charge in [-0.3, -0.25) is 4.79 Å². The predicted molar refractivity (Wildman–Crippen MR) is 74.3 cm³/mol. The van der Waals surface area contributed by atoms with E-state index in [1.807, 2.05) is 0 Å². The second kappa shape index (κ2) is 6.06. The number of aliphatic carboxylic acids is 1. The fourth-order valence-electron chi connectivity index (χ4n) is 1.92. The molecule has 5 heteroatoms. The zero-order valence-corrected chi connectivity index (χ0v) is 12.1. The second-order valence-corrected chi connectivity index (χ2v) is 5.25. The first kappa shape index (κ1) is 15.5. The van der Waals surface area contributed by atoms with E-state index >= 15 is 0 Å². The Morgan fingerprint density at radius 2 is 2.00 bits per heavy atom. The van der Waals surface area contributed by atoms with Crippen LogP contribution < -0.4 is 0 Å². The third-order valence-electron chi connectivity index (χ3n) is 3.06. The molecule has 0 aromatic heterocycles. The van der Waals surface area contributed by atoms with Gasteiger partial charge in [-0.15, -0.1) is 0 Å². The molecule has 1 aromatic rings. The SMILES string of the molecule is CCN(C(=O)Cc1cccc(Cl)c1)C(C)(C)C(=O)O. The highest BCUT2D eigenvalue weighted by molar-refractivity contribution is 6.30. The number of carbonyl (C=O) groups is 2. The largest absolute Gasteiger partial charge is 0.480 e. The minimum Gasteiger partial charge on any atom is -0.480 e. The summed E-state index contributed by atoms with van der Waals surface area (Å²) in [6, 6.07) is 7.00. The van der Waals surface area contributed by atoms with Crippen LogP contribution in [0.5, 0.6) is 0 Å². The number of carboxylic acids is 1. The molecule has 0 unspecified atom stereocenters. The van der Waals surface area contributed by atoms with Crippen LogP contribution in [0.2, 0.25) is 5.02 Å². The fraction of sp³-hybridized carbons (Fsp3) is 0.429. The van der Waals surface area contributed by atoms with Gasteiger partial charge in [-0.2, -0.15) is 0 Å². The van der Waals surface area contributed by atoms with E-state index in [9.17, 15) is 14.7 Å². The van der Waals surface area contributed by atoms with Crippen LogP contribution in [-0.4, -0.2) is 34.0 Å². The highest BCUT2D eigenvalue weighted by Crippen LogP contribution is 2.18. The monoisotopic (exact) mass is 283 g/mol. The van der Waals surface area contributed by atoms with Crippen molar-refractivity contribution >= 4 is 23.5 Å². The standard InChI is InChI=1S/C14H18ClNO3/c1-4-16(14(2,3)13(18)19)12(17)9-10-6-5-7-11(15)8-10/h5-8H,4,9H2,1-3H3,(H,18,19). The molecule has 4 nitrogen and oxygen atoms in total. The number of hydrogen-bond donors (Lipinski definition) is 1. The van der Waals surface area contributed by atoms with Crippen molar-refractivity contribution < 1.29 is 14.7 Å². The number of nitrogens with zero attached hydrogens (tertiary/aromatic N) is 1. The van der Waals surface area contributed by atoms with Crippen LogP contribution in [0.15, 0.2) is 24.3 Å². The minimum atomic E-state index is -1.22. The van der Waals surface area contributed by atoms with Gasteiger partial charge in [0.1, 0.15) is 5.54 Å². The summed E-state index contributed by atoms with van der Waals surface area (Å²) in [4.78, 5) is 24.8. The van der Waals surface area contributed by atoms with Crippen molar-refractivity contribution in [3.8, 4) is 0 Å². The molecule has 1 N–H and O–H groups in total. The van der Waals surface area contributed by atoms with E-state index in [0.717, 1.165) is 5.56 Å². The average Bonchev–Trinajstić information content (AvgIpc) is 2.29. The topological polar surface area (TPSA) is 57.6 Å². The molecule has 0 saturated heterocycles. The van der Waals surface area contributed by atoms with Crippen molar-refractivity contribution in [1.82, 2.24) is 4.90 Å². The lowest BCUT2D eigenvalue weighted by Crippen LogP contribution is -2.53. The smallest absolute Gasteiger partial charge is 0.329 e. The molecule has 104 valence electrons. The van der Waals surface area contributed by atoms with E-state index in [1.54, 1.807) is 31.2 Å². The van der Waals surface area contributed by atoms with Gasteiger partial charge >= 0.3 is 5.97 Å². The number of hydrogen-bond acceptors (Lipinski definition) is 2. The van der Waals surface area contributed by atoms with Crippen LogP contribution in [0.25, 0.3) is 0 Å². The first-order valence-electron chi connectivity index (χ1n) is 6.07. The van der Waals surface area contributed by atoms with E-state index in [0.29, 0.717) is 11.6 Å². The molecular weight excluding hydrogens is 266 g/mol. The number of carboxylic acid groups (broad SMARTS) is 1. The van der Waals surface area contributed by atoms with Crippen LogP contribution >= 0.6 is 11.6 Å². The summed E-state index contributed by atoms with van der Waals surface area (Å²) in [5, 5.41) is 9.75. The Bertz CT molecular complexity index is 485. The van der Waals surface area contributed by atoms with Gasteiger partial charge in [0.15, 0.2) is 0 Å². The first-order valence-corrected chi connectivity index (χ1v) is 6.45. The van der Waals surface area contributed by atoms with Crippen molar-refractivity contribution in [2.75, 3.05) is 6.54 Å². The summed E-state index contributed by atoms with van der Waals surface area (Å²) in [6.07, 6.45) is 0.144. The Kier molecular flexibility index (Phi) is 4.95. The van der Waals surface area contributed by atoms with E-state index < -0.39 is 11.5 Å². The molecule has 0 radical (unpaired) electrons. The van der Waals surface area contributed by atoms with Gasteiger partial charge in [0.25, 0.3) is 0 Å². The zero-order chi connectivity index (χ0) is 14.6. The highest BCUT2D eigenvalue weighted by atomic mass is 35.5. The lowest BCUT2D eigenvalue weighted by molar-refractivity contribution is -0.156. The number of rotatable bonds is 5. The molecule has 0 fully saturated rings. The van der Waals surface area contributed by atoms with Crippen LogP contribution in [0.1, 0.15) is 26.3 Å². The number of carbonyl (C=O) groups excluding carboxylic acids is 1. The molecule has 0 heterocycles. The third-order valence-corrected chi connectivity index (χ3v) is 3.29. The van der Waals surface area contributed by atoms with Crippen LogP contribution in [0.4, 0.5) is 0 Å². The summed E-state index contributed by atoms with van der Waals surface area (Å²) in [6.45, 7) is 5.16. The van der Waals surface area contributed by atoms with Gasteiger partial charge in [-0.1, -0.05) is 23.7 Å². The molecule has 19 heavy (non-hydrogen) atoms. The number of benzene rings is 1. The minimum absolute atomic E-state index is 0.144. The maximum Gasteiger partial charge on any atom is 0.329 e.